The third-order valence-electron chi connectivity index (χ3n) is 6.21. The van der Waals surface area contributed by atoms with Crippen molar-refractivity contribution in [3.05, 3.63) is 60.1 Å². The molecule has 1 aliphatic rings. The topological polar surface area (TPSA) is 147 Å². The Bertz CT molecular complexity index is 1470. The molecule has 1 aromatic carbocycles. The lowest BCUT2D eigenvalue weighted by molar-refractivity contribution is -0.140. The van der Waals surface area contributed by atoms with Crippen LogP contribution in [0.15, 0.2) is 43.1 Å². The summed E-state index contributed by atoms with van der Waals surface area (Å²) in [7, 11) is 1.54. The highest BCUT2D eigenvalue weighted by molar-refractivity contribution is 5.70. The monoisotopic (exact) mass is 569 g/mol. The fourth-order valence-corrected chi connectivity index (χ4v) is 4.08. The smallest absolute Gasteiger partial charge is 0.434 e. The molecule has 14 heteroatoms. The average Bonchev–Trinajstić information content (AvgIpc) is 3.70. The van der Waals surface area contributed by atoms with E-state index in [0.717, 1.165) is 36.7 Å². The van der Waals surface area contributed by atoms with Crippen molar-refractivity contribution >= 4 is 12.4 Å². The number of anilines is 1. The minimum absolute atomic E-state index is 0.104. The molecule has 3 N–H and O–H groups in total. The molecule has 0 aliphatic heterocycles. The largest absolute Gasteiger partial charge is 0.480 e. The first kappa shape index (κ1) is 29.5. The molecule has 41 heavy (non-hydrogen) atoms. The quantitative estimate of drug-likeness (QED) is 0.279. The minimum atomic E-state index is -4.44. The molecule has 0 radical (unpaired) electrons. The highest BCUT2D eigenvalue weighted by Crippen LogP contribution is 2.44. The molecule has 1 aliphatic carbocycles. The lowest BCUT2D eigenvalue weighted by Gasteiger charge is -2.11. The zero-order chi connectivity index (χ0) is 29.6. The molecule has 4 aromatic rings. The second-order valence-corrected chi connectivity index (χ2v) is 9.50. The van der Waals surface area contributed by atoms with Crippen molar-refractivity contribution in [2.75, 3.05) is 19.0 Å². The number of methoxy groups -OCH3 is 1. The lowest BCUT2D eigenvalue weighted by Crippen LogP contribution is -2.05. The summed E-state index contributed by atoms with van der Waals surface area (Å²) in [4.78, 5) is 34.8. The summed E-state index contributed by atoms with van der Waals surface area (Å²) in [5.74, 6) is 1.71. The van der Waals surface area contributed by atoms with Crippen molar-refractivity contribution in [1.82, 2.24) is 34.5 Å². The number of hydrogen-bond acceptors (Lipinski definition) is 9. The molecule has 216 valence electrons. The number of halogens is 3. The highest BCUT2D eigenvalue weighted by atomic mass is 19.4. The zero-order valence-electron chi connectivity index (χ0n) is 22.8. The summed E-state index contributed by atoms with van der Waals surface area (Å²) in [5.41, 5.74) is 7.88. The van der Waals surface area contributed by atoms with Gasteiger partial charge < -0.3 is 15.0 Å². The van der Waals surface area contributed by atoms with Crippen molar-refractivity contribution in [3.8, 4) is 28.7 Å². The number of hydrogen-bond donors (Lipinski definition) is 2. The number of amides is 1. The zero-order valence-corrected chi connectivity index (χ0v) is 22.8. The third kappa shape index (κ3) is 7.20. The number of rotatable bonds is 9. The number of ether oxygens (including phenoxy) is 1. The van der Waals surface area contributed by atoms with E-state index in [4.69, 9.17) is 10.5 Å². The van der Waals surface area contributed by atoms with Gasteiger partial charge in [0.1, 0.15) is 24.0 Å². The van der Waals surface area contributed by atoms with E-state index in [-0.39, 0.29) is 12.0 Å². The van der Waals surface area contributed by atoms with Crippen molar-refractivity contribution in [1.29, 1.82) is 0 Å². The molecular formula is C27H30F3N9O2. The Morgan fingerprint density at radius 1 is 1.10 bits per heavy atom. The van der Waals surface area contributed by atoms with Crippen LogP contribution in [0.2, 0.25) is 0 Å². The number of benzene rings is 1. The maximum absolute atomic E-state index is 12.8. The molecule has 0 unspecified atom stereocenters. The lowest BCUT2D eigenvalue weighted by atomic mass is 10.1. The summed E-state index contributed by atoms with van der Waals surface area (Å²) in [5, 5.41) is 2.40. The molecule has 1 fully saturated rings. The van der Waals surface area contributed by atoms with Crippen LogP contribution in [-0.2, 0) is 17.4 Å². The fourth-order valence-electron chi connectivity index (χ4n) is 4.08. The molecule has 5 rings (SSSR count). The molecule has 1 amide bonds. The Labute approximate surface area is 234 Å². The first-order valence-corrected chi connectivity index (χ1v) is 12.9. The van der Waals surface area contributed by atoms with Gasteiger partial charge in [-0.25, -0.2) is 24.9 Å². The number of imidazole rings is 1. The maximum Gasteiger partial charge on any atom is 0.434 e. The van der Waals surface area contributed by atoms with Gasteiger partial charge in [-0.15, -0.1) is 0 Å². The Morgan fingerprint density at radius 3 is 2.39 bits per heavy atom. The number of carbonyl (C=O) groups excluding carboxylic acids is 1. The number of nitrogens with zero attached hydrogens (tertiary/aromatic N) is 7. The van der Waals surface area contributed by atoms with E-state index in [9.17, 15) is 18.0 Å². The Morgan fingerprint density at radius 2 is 1.80 bits per heavy atom. The molecule has 3 aromatic heterocycles. The van der Waals surface area contributed by atoms with Crippen molar-refractivity contribution in [2.45, 2.75) is 51.2 Å². The molecule has 3 heterocycles. The predicted octanol–water partition coefficient (Wildman–Crippen LogP) is 4.43. The number of nitrogens with two attached hydrogens (primary N) is 1. The summed E-state index contributed by atoms with van der Waals surface area (Å²) in [6.07, 6.45) is 2.85. The van der Waals surface area contributed by atoms with Crippen LogP contribution >= 0.6 is 0 Å². The van der Waals surface area contributed by atoms with Crippen molar-refractivity contribution in [2.24, 2.45) is 5.73 Å². The van der Waals surface area contributed by atoms with Crippen LogP contribution in [-0.4, -0.2) is 54.5 Å². The molecule has 0 spiro atoms. The van der Waals surface area contributed by atoms with Gasteiger partial charge in [-0.1, -0.05) is 24.3 Å². The molecule has 11 nitrogen and oxygen atoms in total. The molecule has 0 atom stereocenters. The summed E-state index contributed by atoms with van der Waals surface area (Å²) < 4.78 is 45.3. The predicted molar refractivity (Wildman–Crippen MR) is 145 cm³/mol. The van der Waals surface area contributed by atoms with Gasteiger partial charge >= 0.3 is 6.18 Å². The van der Waals surface area contributed by atoms with E-state index < -0.39 is 11.9 Å². The average molecular weight is 570 g/mol. The van der Waals surface area contributed by atoms with Crippen LogP contribution in [0, 0.1) is 0 Å². The van der Waals surface area contributed by atoms with Crippen LogP contribution in [0.4, 0.5) is 19.1 Å². The SMILES string of the molecule is CC(C)n1cc(C(F)(F)F)nc1-c1ccc(CCN)cc1.COc1ncnc(C2CC2)c1-c1ncnc(NC=O)n1. The van der Waals surface area contributed by atoms with Crippen LogP contribution in [0.25, 0.3) is 22.8 Å². The highest BCUT2D eigenvalue weighted by Gasteiger charge is 2.35. The van der Waals surface area contributed by atoms with Gasteiger partial charge in [-0.05, 0) is 45.2 Å². The molecule has 0 saturated heterocycles. The first-order chi connectivity index (χ1) is 19.7. The second-order valence-electron chi connectivity index (χ2n) is 9.50. The maximum atomic E-state index is 12.8. The van der Waals surface area contributed by atoms with E-state index in [1.165, 1.54) is 19.8 Å². The third-order valence-corrected chi connectivity index (χ3v) is 6.21. The van der Waals surface area contributed by atoms with Crippen LogP contribution in [0.1, 0.15) is 55.6 Å². The number of aromatic nitrogens is 7. The van der Waals surface area contributed by atoms with Gasteiger partial charge in [0.15, 0.2) is 11.5 Å². The normalized spacial score (nSPS) is 13.0. The summed E-state index contributed by atoms with van der Waals surface area (Å²) in [6, 6.07) is 7.20. The van der Waals surface area contributed by atoms with Crippen LogP contribution in [0.3, 0.4) is 0 Å². The second kappa shape index (κ2) is 12.8. The molecule has 0 bridgehead atoms. The van der Waals surface area contributed by atoms with Gasteiger partial charge in [0, 0.05) is 23.7 Å². The molecule has 1 saturated carbocycles. The van der Waals surface area contributed by atoms with Gasteiger partial charge in [0.05, 0.1) is 12.8 Å². The summed E-state index contributed by atoms with van der Waals surface area (Å²) in [6.45, 7) is 4.19. The first-order valence-electron chi connectivity index (χ1n) is 12.9. The van der Waals surface area contributed by atoms with Gasteiger partial charge in [-0.2, -0.15) is 18.2 Å². The van der Waals surface area contributed by atoms with Gasteiger partial charge in [0.25, 0.3) is 0 Å². The Hall–Kier alpha value is -4.46. The van der Waals surface area contributed by atoms with Crippen LogP contribution < -0.4 is 15.8 Å². The standard InChI is InChI=1S/C15H18F3N3.C12H12N6O2/c1-10(2)21-9-13(15(16,17)18)20-14(21)12-5-3-11(4-6-12)7-8-19;1-20-11-8(9(7-2-3-7)13-4-15-11)10-14-5-16-12(18-10)17-6-19/h3-6,9-10H,7-8,19H2,1-2H3;4-7H,2-3H2,1H3,(H,14,16,17,18,19). The number of carbonyl (C=O) groups is 1. The number of alkyl halides is 3. The Kier molecular flexibility index (Phi) is 9.22. The van der Waals surface area contributed by atoms with E-state index in [2.05, 4.69) is 35.2 Å². The van der Waals surface area contributed by atoms with Gasteiger partial charge in [0.2, 0.25) is 18.2 Å². The Balaban J connectivity index is 0.000000189. The fraction of sp³-hybridized carbons (Fsp3) is 0.370. The van der Waals surface area contributed by atoms with E-state index in [1.807, 2.05) is 26.0 Å². The van der Waals surface area contributed by atoms with Crippen molar-refractivity contribution in [3.63, 3.8) is 0 Å². The van der Waals surface area contributed by atoms with Gasteiger partial charge in [-0.3, -0.25) is 10.1 Å². The number of nitrogens with one attached hydrogen (secondary N) is 1. The van der Waals surface area contributed by atoms with E-state index in [0.29, 0.717) is 47.5 Å². The van der Waals surface area contributed by atoms with Crippen LogP contribution in [0.5, 0.6) is 5.88 Å². The summed E-state index contributed by atoms with van der Waals surface area (Å²) >= 11 is 0. The molecular weight excluding hydrogens is 539 g/mol. The van der Waals surface area contributed by atoms with E-state index in [1.54, 1.807) is 16.7 Å². The van der Waals surface area contributed by atoms with E-state index >= 15 is 0 Å². The van der Waals surface area contributed by atoms with Crippen molar-refractivity contribution < 1.29 is 22.7 Å². The minimum Gasteiger partial charge on any atom is -0.480 e.